The molecule has 0 aliphatic carbocycles. The quantitative estimate of drug-likeness (QED) is 0.749. The molecule has 0 N–H and O–H groups in total. The zero-order valence-corrected chi connectivity index (χ0v) is 9.29. The lowest BCUT2D eigenvalue weighted by Gasteiger charge is -2.13. The summed E-state index contributed by atoms with van der Waals surface area (Å²) in [6.45, 7) is 1.92. The molecule has 1 aliphatic rings. The van der Waals surface area contributed by atoms with Gasteiger partial charge < -0.3 is 14.2 Å². The first-order valence-electron chi connectivity index (χ1n) is 5.31. The molecule has 5 nitrogen and oxygen atoms in total. The number of ether oxygens (including phenoxy) is 3. The minimum absolute atomic E-state index is 0.231. The van der Waals surface area contributed by atoms with Crippen molar-refractivity contribution in [2.24, 2.45) is 0 Å². The average Bonchev–Trinajstić information content (AvgIpc) is 2.73. The Bertz CT molecular complexity index is 414. The summed E-state index contributed by atoms with van der Waals surface area (Å²) < 4.78 is 14.6. The summed E-state index contributed by atoms with van der Waals surface area (Å²) in [4.78, 5) is 22.7. The van der Waals surface area contributed by atoms with Gasteiger partial charge in [-0.25, -0.2) is 9.59 Å². The number of hydrogen-bond acceptors (Lipinski definition) is 5. The molecule has 17 heavy (non-hydrogen) atoms. The van der Waals surface area contributed by atoms with Gasteiger partial charge in [-0.1, -0.05) is 30.3 Å². The number of cyclic esters (lactones) is 2. The van der Waals surface area contributed by atoms with Gasteiger partial charge in [-0.2, -0.15) is 0 Å². The predicted octanol–water partition coefficient (Wildman–Crippen LogP) is 1.83. The number of carbonyl (C=O) groups is 2. The molecule has 1 aliphatic heterocycles. The van der Waals surface area contributed by atoms with Crippen LogP contribution in [0.4, 0.5) is 4.79 Å². The molecule has 0 radical (unpaired) electrons. The molecule has 0 bridgehead atoms. The molecule has 1 fully saturated rings. The van der Waals surface area contributed by atoms with Gasteiger partial charge in [0.05, 0.1) is 6.61 Å². The van der Waals surface area contributed by atoms with Gasteiger partial charge in [-0.05, 0) is 12.5 Å². The number of carbonyl (C=O) groups excluding carboxylic acids is 2. The first-order valence-corrected chi connectivity index (χ1v) is 5.31. The van der Waals surface area contributed by atoms with Crippen LogP contribution < -0.4 is 0 Å². The van der Waals surface area contributed by atoms with Gasteiger partial charge in [0.2, 0.25) is 6.10 Å². The molecule has 90 valence electrons. The van der Waals surface area contributed by atoms with Crippen molar-refractivity contribution in [2.45, 2.75) is 19.1 Å². The third-order valence-corrected chi connectivity index (χ3v) is 2.37. The molecule has 5 heteroatoms. The molecule has 1 aromatic rings. The third-order valence-electron chi connectivity index (χ3n) is 2.37. The Morgan fingerprint density at radius 3 is 2.65 bits per heavy atom. The van der Waals surface area contributed by atoms with E-state index in [2.05, 4.69) is 0 Å². The lowest BCUT2D eigenvalue weighted by Crippen LogP contribution is -2.28. The lowest BCUT2D eigenvalue weighted by atomic mass is 10.0. The minimum atomic E-state index is -1.02. The summed E-state index contributed by atoms with van der Waals surface area (Å²) in [5, 5.41) is 0. The zero-order valence-electron chi connectivity index (χ0n) is 9.29. The fourth-order valence-corrected chi connectivity index (χ4v) is 1.64. The maximum absolute atomic E-state index is 11.6. The smallest absolute Gasteiger partial charge is 0.463 e. The van der Waals surface area contributed by atoms with Crippen molar-refractivity contribution < 1.29 is 23.8 Å². The van der Waals surface area contributed by atoms with Crippen molar-refractivity contribution in [3.63, 3.8) is 0 Å². The van der Waals surface area contributed by atoms with E-state index in [-0.39, 0.29) is 6.61 Å². The van der Waals surface area contributed by atoms with E-state index in [1.54, 1.807) is 31.2 Å². The maximum atomic E-state index is 11.6. The van der Waals surface area contributed by atoms with Crippen LogP contribution in [-0.2, 0) is 19.0 Å². The molecule has 0 spiro atoms. The minimum Gasteiger partial charge on any atom is -0.463 e. The topological polar surface area (TPSA) is 61.8 Å². The monoisotopic (exact) mass is 236 g/mol. The summed E-state index contributed by atoms with van der Waals surface area (Å²) in [6, 6.07) is 8.95. The van der Waals surface area contributed by atoms with Crippen molar-refractivity contribution in [3.8, 4) is 0 Å². The Labute approximate surface area is 98.3 Å². The molecule has 1 aromatic carbocycles. The number of hydrogen-bond donors (Lipinski definition) is 0. The van der Waals surface area contributed by atoms with E-state index in [0.717, 1.165) is 0 Å². The molecule has 2 atom stereocenters. The van der Waals surface area contributed by atoms with Gasteiger partial charge in [0.15, 0.2) is 6.10 Å². The van der Waals surface area contributed by atoms with Crippen LogP contribution in [0.3, 0.4) is 0 Å². The Morgan fingerprint density at radius 1 is 1.29 bits per heavy atom. The highest BCUT2D eigenvalue weighted by Gasteiger charge is 2.43. The van der Waals surface area contributed by atoms with Crippen molar-refractivity contribution in [3.05, 3.63) is 35.9 Å². The highest BCUT2D eigenvalue weighted by Crippen LogP contribution is 2.30. The van der Waals surface area contributed by atoms with E-state index in [4.69, 9.17) is 14.2 Å². The van der Waals surface area contributed by atoms with E-state index < -0.39 is 24.3 Å². The van der Waals surface area contributed by atoms with Crippen LogP contribution in [0.25, 0.3) is 0 Å². The zero-order chi connectivity index (χ0) is 12.3. The first-order chi connectivity index (χ1) is 8.22. The lowest BCUT2D eigenvalue weighted by molar-refractivity contribution is -0.153. The molecule has 1 heterocycles. The van der Waals surface area contributed by atoms with E-state index >= 15 is 0 Å². The van der Waals surface area contributed by atoms with Crippen LogP contribution in [0.5, 0.6) is 0 Å². The van der Waals surface area contributed by atoms with Gasteiger partial charge in [-0.15, -0.1) is 0 Å². The molecule has 2 rings (SSSR count). The Balaban J connectivity index is 2.20. The highest BCUT2D eigenvalue weighted by atomic mass is 16.8. The Kier molecular flexibility index (Phi) is 3.27. The van der Waals surface area contributed by atoms with Crippen molar-refractivity contribution in [1.82, 2.24) is 0 Å². The summed E-state index contributed by atoms with van der Waals surface area (Å²) in [5.41, 5.74) is 0.705. The Hall–Kier alpha value is -2.04. The van der Waals surface area contributed by atoms with Crippen LogP contribution in [-0.4, -0.2) is 24.8 Å². The van der Waals surface area contributed by atoms with Gasteiger partial charge >= 0.3 is 12.1 Å². The SMILES string of the molecule is CCOC(=O)[C@H]1OC(=O)O[C@H]1c1ccccc1. The van der Waals surface area contributed by atoms with Crippen LogP contribution in [0.1, 0.15) is 18.6 Å². The predicted molar refractivity (Wildman–Crippen MR) is 57.2 cm³/mol. The number of esters is 1. The molecular weight excluding hydrogens is 224 g/mol. The number of benzene rings is 1. The molecule has 1 saturated heterocycles. The van der Waals surface area contributed by atoms with Crippen molar-refractivity contribution in [1.29, 1.82) is 0 Å². The van der Waals surface area contributed by atoms with Crippen molar-refractivity contribution in [2.75, 3.05) is 6.61 Å². The van der Waals surface area contributed by atoms with E-state index in [0.29, 0.717) is 5.56 Å². The molecule has 0 saturated carbocycles. The van der Waals surface area contributed by atoms with Crippen LogP contribution in [0, 0.1) is 0 Å². The van der Waals surface area contributed by atoms with Gasteiger partial charge in [-0.3, -0.25) is 0 Å². The standard InChI is InChI=1S/C12H12O5/c1-2-15-11(13)10-9(16-12(14)17-10)8-6-4-3-5-7-8/h3-7,9-10H,2H2,1H3/t9-,10-/m0/s1. The van der Waals surface area contributed by atoms with Gasteiger partial charge in [0, 0.05) is 0 Å². The van der Waals surface area contributed by atoms with E-state index in [9.17, 15) is 9.59 Å². The van der Waals surface area contributed by atoms with E-state index in [1.165, 1.54) is 0 Å². The van der Waals surface area contributed by atoms with Crippen LogP contribution >= 0.6 is 0 Å². The maximum Gasteiger partial charge on any atom is 0.510 e. The van der Waals surface area contributed by atoms with Crippen LogP contribution in [0.2, 0.25) is 0 Å². The fraction of sp³-hybridized carbons (Fsp3) is 0.333. The summed E-state index contributed by atoms with van der Waals surface area (Å²) >= 11 is 0. The third kappa shape index (κ3) is 2.38. The summed E-state index contributed by atoms with van der Waals surface area (Å²) in [6.07, 6.45) is -2.61. The molecule has 0 aromatic heterocycles. The summed E-state index contributed by atoms with van der Waals surface area (Å²) in [5.74, 6) is -0.591. The molecular formula is C12H12O5. The Morgan fingerprint density at radius 2 is 2.00 bits per heavy atom. The van der Waals surface area contributed by atoms with Gasteiger partial charge in [0.25, 0.3) is 0 Å². The normalized spacial score (nSPS) is 22.8. The summed E-state index contributed by atoms with van der Waals surface area (Å²) in [7, 11) is 0. The average molecular weight is 236 g/mol. The second kappa shape index (κ2) is 4.86. The second-order valence-corrected chi connectivity index (χ2v) is 3.49. The largest absolute Gasteiger partial charge is 0.510 e. The molecule has 0 unspecified atom stereocenters. The van der Waals surface area contributed by atoms with Crippen molar-refractivity contribution >= 4 is 12.1 Å². The second-order valence-electron chi connectivity index (χ2n) is 3.49. The van der Waals surface area contributed by atoms with Crippen LogP contribution in [0.15, 0.2) is 30.3 Å². The van der Waals surface area contributed by atoms with E-state index in [1.807, 2.05) is 6.07 Å². The number of rotatable bonds is 3. The fourth-order valence-electron chi connectivity index (χ4n) is 1.64. The molecule has 0 amide bonds. The highest BCUT2D eigenvalue weighted by molar-refractivity contribution is 5.81. The van der Waals surface area contributed by atoms with Gasteiger partial charge in [0.1, 0.15) is 0 Å². The first kappa shape index (κ1) is 11.4.